The summed E-state index contributed by atoms with van der Waals surface area (Å²) in [5.41, 5.74) is 9.45. The first kappa shape index (κ1) is 14.2. The largest absolute Gasteiger partial charge is 0.330 e. The smallest absolute Gasteiger partial charge is 0.0935 e. The average Bonchev–Trinajstić information content (AvgIpc) is 2.83. The SMILES string of the molecule is CCCc1nc(-c2ccc(CC)cc2)c(CCN)s1. The Balaban J connectivity index is 2.34. The molecule has 0 amide bonds. The Kier molecular flexibility index (Phi) is 5.11. The molecule has 0 fully saturated rings. The topological polar surface area (TPSA) is 38.9 Å². The highest BCUT2D eigenvalue weighted by Gasteiger charge is 2.12. The quantitative estimate of drug-likeness (QED) is 0.869. The molecule has 0 saturated carbocycles. The van der Waals surface area contributed by atoms with E-state index in [2.05, 4.69) is 38.1 Å². The summed E-state index contributed by atoms with van der Waals surface area (Å²) in [6.45, 7) is 5.06. The van der Waals surface area contributed by atoms with Crippen LogP contribution in [0.2, 0.25) is 0 Å². The first-order chi connectivity index (χ1) is 9.28. The lowest BCUT2D eigenvalue weighted by Crippen LogP contribution is -2.02. The summed E-state index contributed by atoms with van der Waals surface area (Å²) in [6, 6.07) is 8.76. The lowest BCUT2D eigenvalue weighted by Gasteiger charge is -2.02. The molecule has 1 aromatic carbocycles. The zero-order chi connectivity index (χ0) is 13.7. The van der Waals surface area contributed by atoms with Crippen molar-refractivity contribution in [2.24, 2.45) is 5.73 Å². The molecule has 19 heavy (non-hydrogen) atoms. The van der Waals surface area contributed by atoms with Crippen molar-refractivity contribution in [2.45, 2.75) is 39.5 Å². The molecule has 2 aromatic rings. The number of aryl methyl sites for hydroxylation is 2. The highest BCUT2D eigenvalue weighted by Crippen LogP contribution is 2.29. The van der Waals surface area contributed by atoms with E-state index in [-0.39, 0.29) is 0 Å². The Morgan fingerprint density at radius 2 is 1.84 bits per heavy atom. The Morgan fingerprint density at radius 1 is 1.11 bits per heavy atom. The summed E-state index contributed by atoms with van der Waals surface area (Å²) in [7, 11) is 0. The van der Waals surface area contributed by atoms with Gasteiger partial charge in [0, 0.05) is 10.4 Å². The van der Waals surface area contributed by atoms with Crippen LogP contribution in [0.1, 0.15) is 35.7 Å². The summed E-state index contributed by atoms with van der Waals surface area (Å²) in [4.78, 5) is 6.14. The van der Waals surface area contributed by atoms with E-state index < -0.39 is 0 Å². The van der Waals surface area contributed by atoms with E-state index in [0.29, 0.717) is 6.54 Å². The normalized spacial score (nSPS) is 10.9. The highest BCUT2D eigenvalue weighted by atomic mass is 32.1. The number of rotatable bonds is 6. The van der Waals surface area contributed by atoms with Crippen molar-refractivity contribution in [3.05, 3.63) is 39.7 Å². The van der Waals surface area contributed by atoms with Gasteiger partial charge in [-0.05, 0) is 37.8 Å². The Bertz CT molecular complexity index is 514. The maximum Gasteiger partial charge on any atom is 0.0935 e. The van der Waals surface area contributed by atoms with Gasteiger partial charge in [0.25, 0.3) is 0 Å². The van der Waals surface area contributed by atoms with Crippen LogP contribution in [-0.2, 0) is 19.3 Å². The maximum absolute atomic E-state index is 5.72. The van der Waals surface area contributed by atoms with Crippen LogP contribution in [0.3, 0.4) is 0 Å². The van der Waals surface area contributed by atoms with Crippen molar-refractivity contribution >= 4 is 11.3 Å². The van der Waals surface area contributed by atoms with E-state index >= 15 is 0 Å². The number of hydrogen-bond acceptors (Lipinski definition) is 3. The van der Waals surface area contributed by atoms with Crippen LogP contribution < -0.4 is 5.73 Å². The summed E-state index contributed by atoms with van der Waals surface area (Å²) in [5, 5.41) is 1.24. The molecule has 0 saturated heterocycles. The average molecular weight is 274 g/mol. The van der Waals surface area contributed by atoms with Crippen LogP contribution in [0, 0.1) is 0 Å². The van der Waals surface area contributed by atoms with Gasteiger partial charge in [-0.2, -0.15) is 0 Å². The lowest BCUT2D eigenvalue weighted by molar-refractivity contribution is 0.909. The minimum absolute atomic E-state index is 0.688. The molecule has 0 aliphatic rings. The fourth-order valence-electron chi connectivity index (χ4n) is 2.15. The first-order valence-electron chi connectivity index (χ1n) is 7.06. The Morgan fingerprint density at radius 3 is 2.42 bits per heavy atom. The Labute approximate surface area is 119 Å². The molecule has 0 bridgehead atoms. The van der Waals surface area contributed by atoms with E-state index in [1.165, 1.54) is 21.0 Å². The summed E-state index contributed by atoms with van der Waals surface area (Å²) in [6.07, 6.45) is 4.21. The van der Waals surface area contributed by atoms with Gasteiger partial charge >= 0.3 is 0 Å². The second-order valence-electron chi connectivity index (χ2n) is 4.72. The molecule has 0 radical (unpaired) electrons. The van der Waals surface area contributed by atoms with E-state index in [1.54, 1.807) is 0 Å². The monoisotopic (exact) mass is 274 g/mol. The molecule has 0 spiro atoms. The molecule has 3 heteroatoms. The van der Waals surface area contributed by atoms with Crippen LogP contribution in [0.15, 0.2) is 24.3 Å². The van der Waals surface area contributed by atoms with Crippen LogP contribution in [0.25, 0.3) is 11.3 Å². The molecule has 2 rings (SSSR count). The van der Waals surface area contributed by atoms with Gasteiger partial charge in [0.2, 0.25) is 0 Å². The van der Waals surface area contributed by atoms with Gasteiger partial charge in [-0.15, -0.1) is 11.3 Å². The van der Waals surface area contributed by atoms with Crippen molar-refractivity contribution < 1.29 is 0 Å². The molecule has 1 aromatic heterocycles. The summed E-state index contributed by atoms with van der Waals surface area (Å²) < 4.78 is 0. The second kappa shape index (κ2) is 6.83. The Hall–Kier alpha value is -1.19. The van der Waals surface area contributed by atoms with Gasteiger partial charge in [-0.25, -0.2) is 4.98 Å². The van der Waals surface area contributed by atoms with E-state index in [9.17, 15) is 0 Å². The van der Waals surface area contributed by atoms with E-state index in [0.717, 1.165) is 31.4 Å². The molecule has 0 unspecified atom stereocenters. The zero-order valence-electron chi connectivity index (χ0n) is 11.8. The standard InChI is InChI=1S/C16H22N2S/c1-3-5-15-18-16(14(19-15)10-11-17)13-8-6-12(4-2)7-9-13/h6-9H,3-5,10-11,17H2,1-2H3. The minimum atomic E-state index is 0.688. The molecule has 0 aliphatic carbocycles. The first-order valence-corrected chi connectivity index (χ1v) is 7.88. The van der Waals surface area contributed by atoms with Crippen LogP contribution in [-0.4, -0.2) is 11.5 Å². The molecule has 1 heterocycles. The number of thiazole rings is 1. The third kappa shape index (κ3) is 3.43. The van der Waals surface area contributed by atoms with Crippen molar-refractivity contribution in [3.63, 3.8) is 0 Å². The van der Waals surface area contributed by atoms with Gasteiger partial charge in [0.1, 0.15) is 0 Å². The number of aromatic nitrogens is 1. The molecule has 2 N–H and O–H groups in total. The van der Waals surface area contributed by atoms with Gasteiger partial charge in [0.05, 0.1) is 10.7 Å². The predicted molar refractivity (Wildman–Crippen MR) is 83.7 cm³/mol. The van der Waals surface area contributed by atoms with Crippen molar-refractivity contribution in [1.82, 2.24) is 4.98 Å². The number of benzene rings is 1. The van der Waals surface area contributed by atoms with Gasteiger partial charge in [-0.1, -0.05) is 38.1 Å². The predicted octanol–water partition coefficient (Wildman–Crippen LogP) is 3.83. The van der Waals surface area contributed by atoms with E-state index in [1.807, 2.05) is 11.3 Å². The van der Waals surface area contributed by atoms with Crippen molar-refractivity contribution in [2.75, 3.05) is 6.54 Å². The molecular formula is C16H22N2S. The van der Waals surface area contributed by atoms with Crippen LogP contribution >= 0.6 is 11.3 Å². The highest BCUT2D eigenvalue weighted by molar-refractivity contribution is 7.12. The fourth-order valence-corrected chi connectivity index (χ4v) is 3.35. The summed E-state index contributed by atoms with van der Waals surface area (Å²) >= 11 is 1.82. The maximum atomic E-state index is 5.72. The van der Waals surface area contributed by atoms with Gasteiger partial charge < -0.3 is 5.73 Å². The van der Waals surface area contributed by atoms with Crippen molar-refractivity contribution in [1.29, 1.82) is 0 Å². The fraction of sp³-hybridized carbons (Fsp3) is 0.438. The number of nitrogens with two attached hydrogens (primary N) is 1. The summed E-state index contributed by atoms with van der Waals surface area (Å²) in [5.74, 6) is 0. The number of nitrogens with zero attached hydrogens (tertiary/aromatic N) is 1. The lowest BCUT2D eigenvalue weighted by atomic mass is 10.1. The van der Waals surface area contributed by atoms with Gasteiger partial charge in [-0.3, -0.25) is 0 Å². The molecule has 2 nitrogen and oxygen atoms in total. The third-order valence-electron chi connectivity index (χ3n) is 3.21. The molecular weight excluding hydrogens is 252 g/mol. The van der Waals surface area contributed by atoms with Crippen LogP contribution in [0.4, 0.5) is 0 Å². The molecule has 102 valence electrons. The van der Waals surface area contributed by atoms with E-state index in [4.69, 9.17) is 10.7 Å². The minimum Gasteiger partial charge on any atom is -0.330 e. The second-order valence-corrected chi connectivity index (χ2v) is 5.89. The van der Waals surface area contributed by atoms with Crippen LogP contribution in [0.5, 0.6) is 0 Å². The van der Waals surface area contributed by atoms with Crippen molar-refractivity contribution in [3.8, 4) is 11.3 Å². The zero-order valence-corrected chi connectivity index (χ0v) is 12.6. The third-order valence-corrected chi connectivity index (χ3v) is 4.39. The molecule has 0 aliphatic heterocycles. The van der Waals surface area contributed by atoms with Gasteiger partial charge in [0.15, 0.2) is 0 Å². The molecule has 0 atom stereocenters. The number of hydrogen-bond donors (Lipinski definition) is 1.